The van der Waals surface area contributed by atoms with Gasteiger partial charge < -0.3 is 5.11 Å². The highest BCUT2D eigenvalue weighted by atomic mass is 32.1. The Morgan fingerprint density at radius 3 is 1.20 bits per heavy atom. The Balaban J connectivity index is 1.42. The summed E-state index contributed by atoms with van der Waals surface area (Å²) in [4.78, 5) is 0. The molecular weight excluding hydrogens is 264 g/mol. The van der Waals surface area contributed by atoms with E-state index in [4.69, 9.17) is 0 Å². The fourth-order valence-corrected chi connectivity index (χ4v) is 5.53. The largest absolute Gasteiger partial charge is 0.393 e. The van der Waals surface area contributed by atoms with Gasteiger partial charge in [0.25, 0.3) is 0 Å². The zero-order valence-corrected chi connectivity index (χ0v) is 13.7. The van der Waals surface area contributed by atoms with E-state index in [1.807, 2.05) is 0 Å². The van der Waals surface area contributed by atoms with Crippen LogP contribution in [0, 0.1) is 23.7 Å². The second-order valence-electron chi connectivity index (χ2n) is 7.81. The third kappa shape index (κ3) is 3.74. The van der Waals surface area contributed by atoms with E-state index in [0.717, 1.165) is 36.5 Å². The predicted octanol–water partition coefficient (Wildman–Crippen LogP) is 4.83. The van der Waals surface area contributed by atoms with Crippen molar-refractivity contribution in [1.82, 2.24) is 0 Å². The first kappa shape index (κ1) is 15.2. The minimum Gasteiger partial charge on any atom is -0.393 e. The SMILES string of the molecule is OC1CCC(C2CCC(C3CCC(S)CC3)CC2)CC1. The summed E-state index contributed by atoms with van der Waals surface area (Å²) >= 11 is 4.64. The standard InChI is InChI=1S/C18H32OS/c19-17-9-5-15(6-10-17)13-1-3-14(4-2-13)16-7-11-18(20)12-8-16/h13-20H,1-12H2. The first-order valence-corrected chi connectivity index (χ1v) is 9.60. The summed E-state index contributed by atoms with van der Waals surface area (Å²) in [5, 5.41) is 10.3. The molecule has 20 heavy (non-hydrogen) atoms. The highest BCUT2D eigenvalue weighted by molar-refractivity contribution is 7.80. The molecule has 0 unspecified atom stereocenters. The number of aliphatic hydroxyl groups is 1. The molecule has 3 aliphatic carbocycles. The average Bonchev–Trinajstić information content (AvgIpc) is 2.49. The Morgan fingerprint density at radius 1 is 0.500 bits per heavy atom. The number of aliphatic hydroxyl groups excluding tert-OH is 1. The van der Waals surface area contributed by atoms with Crippen LogP contribution in [0.4, 0.5) is 0 Å². The molecule has 3 rings (SSSR count). The summed E-state index contributed by atoms with van der Waals surface area (Å²) in [5.41, 5.74) is 0. The summed E-state index contributed by atoms with van der Waals surface area (Å²) in [6.45, 7) is 0. The van der Waals surface area contributed by atoms with Crippen molar-refractivity contribution in [2.24, 2.45) is 23.7 Å². The van der Waals surface area contributed by atoms with Gasteiger partial charge in [0.05, 0.1) is 6.10 Å². The molecular formula is C18H32OS. The van der Waals surface area contributed by atoms with Crippen LogP contribution in [0.2, 0.25) is 0 Å². The van der Waals surface area contributed by atoms with E-state index < -0.39 is 0 Å². The first-order chi connectivity index (χ1) is 9.72. The molecule has 0 amide bonds. The molecule has 0 spiro atoms. The molecule has 0 aromatic heterocycles. The van der Waals surface area contributed by atoms with Crippen molar-refractivity contribution in [3.63, 3.8) is 0 Å². The minimum atomic E-state index is 0.0130. The van der Waals surface area contributed by atoms with Gasteiger partial charge in [0.1, 0.15) is 0 Å². The van der Waals surface area contributed by atoms with Gasteiger partial charge in [0, 0.05) is 5.25 Å². The molecule has 1 nitrogen and oxygen atoms in total. The topological polar surface area (TPSA) is 20.2 Å². The number of hydrogen-bond donors (Lipinski definition) is 2. The zero-order valence-electron chi connectivity index (χ0n) is 12.8. The third-order valence-electron chi connectivity index (χ3n) is 6.63. The van der Waals surface area contributed by atoms with Gasteiger partial charge in [-0.05, 0) is 101 Å². The summed E-state index contributed by atoms with van der Waals surface area (Å²) < 4.78 is 0. The molecule has 0 heterocycles. The Hall–Kier alpha value is 0.310. The number of hydrogen-bond acceptors (Lipinski definition) is 2. The molecule has 0 atom stereocenters. The minimum absolute atomic E-state index is 0.0130. The zero-order chi connectivity index (χ0) is 13.9. The van der Waals surface area contributed by atoms with Crippen molar-refractivity contribution in [3.05, 3.63) is 0 Å². The van der Waals surface area contributed by atoms with Crippen LogP contribution in [-0.4, -0.2) is 16.5 Å². The second-order valence-corrected chi connectivity index (χ2v) is 8.54. The lowest BCUT2D eigenvalue weighted by atomic mass is 9.66. The van der Waals surface area contributed by atoms with Crippen LogP contribution >= 0.6 is 12.6 Å². The molecule has 2 heteroatoms. The van der Waals surface area contributed by atoms with Gasteiger partial charge in [-0.2, -0.15) is 12.6 Å². The maximum Gasteiger partial charge on any atom is 0.0540 e. The molecule has 0 saturated heterocycles. The van der Waals surface area contributed by atoms with Crippen LogP contribution in [0.5, 0.6) is 0 Å². The maximum absolute atomic E-state index is 9.65. The van der Waals surface area contributed by atoms with E-state index in [1.165, 1.54) is 64.2 Å². The van der Waals surface area contributed by atoms with E-state index in [1.54, 1.807) is 0 Å². The van der Waals surface area contributed by atoms with Gasteiger partial charge in [-0.3, -0.25) is 0 Å². The van der Waals surface area contributed by atoms with E-state index in [2.05, 4.69) is 12.6 Å². The Morgan fingerprint density at radius 2 is 0.800 bits per heavy atom. The van der Waals surface area contributed by atoms with E-state index in [9.17, 15) is 5.11 Å². The van der Waals surface area contributed by atoms with Crippen molar-refractivity contribution in [2.75, 3.05) is 0 Å². The Kier molecular flexibility index (Phi) is 5.36. The van der Waals surface area contributed by atoms with Crippen LogP contribution in [0.25, 0.3) is 0 Å². The normalized spacial score (nSPS) is 47.1. The quantitative estimate of drug-likeness (QED) is 0.699. The van der Waals surface area contributed by atoms with Crippen LogP contribution in [0.1, 0.15) is 77.0 Å². The fourth-order valence-electron chi connectivity index (χ4n) is 5.23. The van der Waals surface area contributed by atoms with Gasteiger partial charge in [-0.1, -0.05) is 0 Å². The van der Waals surface area contributed by atoms with Crippen LogP contribution < -0.4 is 0 Å². The van der Waals surface area contributed by atoms with Crippen molar-refractivity contribution in [2.45, 2.75) is 88.4 Å². The lowest BCUT2D eigenvalue weighted by Gasteiger charge is -2.40. The van der Waals surface area contributed by atoms with Crippen LogP contribution in [-0.2, 0) is 0 Å². The Labute approximate surface area is 130 Å². The molecule has 0 aromatic carbocycles. The lowest BCUT2D eigenvalue weighted by molar-refractivity contribution is 0.0690. The van der Waals surface area contributed by atoms with Gasteiger partial charge in [0.15, 0.2) is 0 Å². The van der Waals surface area contributed by atoms with E-state index >= 15 is 0 Å². The molecule has 3 fully saturated rings. The average molecular weight is 297 g/mol. The highest BCUT2D eigenvalue weighted by Gasteiger charge is 2.33. The first-order valence-electron chi connectivity index (χ1n) is 9.08. The molecule has 3 saturated carbocycles. The second kappa shape index (κ2) is 7.05. The summed E-state index contributed by atoms with van der Waals surface area (Å²) in [6.07, 6.45) is 16.3. The number of thiol groups is 1. The van der Waals surface area contributed by atoms with Crippen LogP contribution in [0.15, 0.2) is 0 Å². The van der Waals surface area contributed by atoms with Gasteiger partial charge >= 0.3 is 0 Å². The monoisotopic (exact) mass is 296 g/mol. The molecule has 1 N–H and O–H groups in total. The van der Waals surface area contributed by atoms with Crippen molar-refractivity contribution < 1.29 is 5.11 Å². The highest BCUT2D eigenvalue weighted by Crippen LogP contribution is 2.44. The van der Waals surface area contributed by atoms with Gasteiger partial charge in [0.2, 0.25) is 0 Å². The fraction of sp³-hybridized carbons (Fsp3) is 1.00. The molecule has 0 aliphatic heterocycles. The Bertz CT molecular complexity index is 252. The number of rotatable bonds is 2. The van der Waals surface area contributed by atoms with Crippen LogP contribution in [0.3, 0.4) is 0 Å². The van der Waals surface area contributed by atoms with Crippen molar-refractivity contribution in [1.29, 1.82) is 0 Å². The molecule has 3 aliphatic rings. The lowest BCUT2D eigenvalue weighted by Crippen LogP contribution is -2.30. The summed E-state index contributed by atoms with van der Waals surface area (Å²) in [7, 11) is 0. The smallest absolute Gasteiger partial charge is 0.0540 e. The van der Waals surface area contributed by atoms with Crippen molar-refractivity contribution in [3.8, 4) is 0 Å². The van der Waals surface area contributed by atoms with E-state index in [0.29, 0.717) is 5.25 Å². The molecule has 0 aromatic rings. The van der Waals surface area contributed by atoms with E-state index in [-0.39, 0.29) is 6.10 Å². The predicted molar refractivity (Wildman–Crippen MR) is 88.1 cm³/mol. The summed E-state index contributed by atoms with van der Waals surface area (Å²) in [5.74, 6) is 3.97. The van der Waals surface area contributed by atoms with Gasteiger partial charge in [-0.25, -0.2) is 0 Å². The third-order valence-corrected chi connectivity index (χ3v) is 7.15. The summed E-state index contributed by atoms with van der Waals surface area (Å²) in [6, 6.07) is 0. The van der Waals surface area contributed by atoms with Crippen molar-refractivity contribution >= 4 is 12.6 Å². The molecule has 0 bridgehead atoms. The maximum atomic E-state index is 9.65. The molecule has 0 radical (unpaired) electrons. The van der Waals surface area contributed by atoms with Gasteiger partial charge in [-0.15, -0.1) is 0 Å². The molecule has 116 valence electrons.